The molecule has 5 nitrogen and oxygen atoms in total. The Hall–Kier alpha value is -1.65. The second-order valence-electron chi connectivity index (χ2n) is 1.64. The number of nitrogens with zero attached hydrogens (tertiary/aromatic N) is 3. The van der Waals surface area contributed by atoms with Crippen LogP contribution in [0.15, 0.2) is 23.8 Å². The fourth-order valence-electron chi connectivity index (χ4n) is 0.506. The van der Waals surface area contributed by atoms with Crippen LogP contribution in [0.1, 0.15) is 5.56 Å². The monoisotopic (exact) mass is 137 g/mol. The van der Waals surface area contributed by atoms with E-state index in [1.54, 1.807) is 12.4 Å². The van der Waals surface area contributed by atoms with E-state index in [4.69, 9.17) is 11.6 Å². The lowest BCUT2D eigenvalue weighted by Gasteiger charge is -1.93. The average molecular weight is 137 g/mol. The Bertz CT molecular complexity index is 229. The van der Waals surface area contributed by atoms with Gasteiger partial charge in [-0.1, -0.05) is 0 Å². The van der Waals surface area contributed by atoms with E-state index in [-0.39, 0.29) is 5.84 Å². The molecule has 1 aromatic rings. The number of nitrogens with two attached hydrogens (primary N) is 2. The zero-order chi connectivity index (χ0) is 7.40. The van der Waals surface area contributed by atoms with Crippen LogP contribution >= 0.6 is 0 Å². The minimum absolute atomic E-state index is 0.237. The van der Waals surface area contributed by atoms with Crippen molar-refractivity contribution in [3.63, 3.8) is 0 Å². The van der Waals surface area contributed by atoms with Gasteiger partial charge in [-0.05, 0) is 0 Å². The van der Waals surface area contributed by atoms with Crippen molar-refractivity contribution >= 4 is 5.84 Å². The average Bonchev–Trinajstić information content (AvgIpc) is 2.05. The van der Waals surface area contributed by atoms with Gasteiger partial charge in [0.25, 0.3) is 0 Å². The number of hydrazone groups is 1. The maximum atomic E-state index is 5.34. The third kappa shape index (κ3) is 1.19. The molecule has 1 heterocycles. The molecule has 10 heavy (non-hydrogen) atoms. The van der Waals surface area contributed by atoms with Crippen molar-refractivity contribution in [2.24, 2.45) is 16.7 Å². The topological polar surface area (TPSA) is 90.2 Å². The molecule has 52 valence electrons. The molecular formula is C5H7N5. The van der Waals surface area contributed by atoms with Crippen LogP contribution in [0.2, 0.25) is 0 Å². The van der Waals surface area contributed by atoms with E-state index in [1.807, 2.05) is 0 Å². The van der Waals surface area contributed by atoms with Gasteiger partial charge in [-0.15, -0.1) is 0 Å². The van der Waals surface area contributed by atoms with Crippen LogP contribution in [-0.2, 0) is 0 Å². The standard InChI is InChI=1S/C5H7N5/c6-5(10-7)4-1-8-3-9-2-4/h1-3H,7H2,(H2,6,10). The molecule has 0 amide bonds. The summed E-state index contributed by atoms with van der Waals surface area (Å²) in [5.74, 6) is 5.15. The minimum Gasteiger partial charge on any atom is -0.382 e. The molecule has 1 aromatic heterocycles. The Morgan fingerprint density at radius 3 is 2.50 bits per heavy atom. The van der Waals surface area contributed by atoms with Crippen LogP contribution in [0.3, 0.4) is 0 Å². The van der Waals surface area contributed by atoms with Crippen LogP contribution in [0.4, 0.5) is 0 Å². The number of amidine groups is 1. The molecular weight excluding hydrogens is 130 g/mol. The smallest absolute Gasteiger partial charge is 0.153 e. The number of hydrogen-bond donors (Lipinski definition) is 2. The molecule has 0 aromatic carbocycles. The van der Waals surface area contributed by atoms with E-state index in [1.165, 1.54) is 6.33 Å². The molecule has 4 N–H and O–H groups in total. The van der Waals surface area contributed by atoms with Gasteiger partial charge in [0.2, 0.25) is 0 Å². The number of aromatic nitrogens is 2. The highest BCUT2D eigenvalue weighted by Gasteiger charge is 1.94. The van der Waals surface area contributed by atoms with Crippen molar-refractivity contribution in [2.75, 3.05) is 0 Å². The first-order valence-corrected chi connectivity index (χ1v) is 2.63. The number of rotatable bonds is 1. The van der Waals surface area contributed by atoms with Crippen LogP contribution in [0.25, 0.3) is 0 Å². The third-order valence-electron chi connectivity index (χ3n) is 0.995. The Kier molecular flexibility index (Phi) is 1.79. The van der Waals surface area contributed by atoms with Crippen LogP contribution in [-0.4, -0.2) is 15.8 Å². The van der Waals surface area contributed by atoms with Gasteiger partial charge in [0.05, 0.1) is 5.56 Å². The highest BCUT2D eigenvalue weighted by atomic mass is 15.2. The van der Waals surface area contributed by atoms with Gasteiger partial charge in [0, 0.05) is 12.4 Å². The second-order valence-corrected chi connectivity index (χ2v) is 1.64. The van der Waals surface area contributed by atoms with Gasteiger partial charge >= 0.3 is 0 Å². The van der Waals surface area contributed by atoms with Crippen molar-refractivity contribution in [1.82, 2.24) is 9.97 Å². The molecule has 0 aliphatic heterocycles. The highest BCUT2D eigenvalue weighted by Crippen LogP contribution is 1.89. The highest BCUT2D eigenvalue weighted by molar-refractivity contribution is 5.96. The van der Waals surface area contributed by atoms with Crippen molar-refractivity contribution in [3.05, 3.63) is 24.3 Å². The first-order valence-electron chi connectivity index (χ1n) is 2.63. The summed E-state index contributed by atoms with van der Waals surface area (Å²) < 4.78 is 0. The van der Waals surface area contributed by atoms with E-state index in [9.17, 15) is 0 Å². The van der Waals surface area contributed by atoms with Gasteiger partial charge in [-0.3, -0.25) is 0 Å². The molecule has 0 radical (unpaired) electrons. The fourth-order valence-corrected chi connectivity index (χ4v) is 0.506. The molecule has 0 fully saturated rings. The van der Waals surface area contributed by atoms with E-state index in [0.717, 1.165) is 0 Å². The predicted molar refractivity (Wildman–Crippen MR) is 36.9 cm³/mol. The molecule has 0 aliphatic rings. The predicted octanol–water partition coefficient (Wildman–Crippen LogP) is -0.944. The van der Waals surface area contributed by atoms with Gasteiger partial charge in [-0.25, -0.2) is 9.97 Å². The first-order chi connectivity index (χ1) is 4.84. The van der Waals surface area contributed by atoms with Crippen molar-refractivity contribution in [1.29, 1.82) is 0 Å². The quantitative estimate of drug-likeness (QED) is 0.226. The van der Waals surface area contributed by atoms with Crippen LogP contribution < -0.4 is 11.6 Å². The molecule has 0 atom stereocenters. The lowest BCUT2D eigenvalue weighted by Crippen LogP contribution is -2.15. The van der Waals surface area contributed by atoms with Gasteiger partial charge in [-0.2, -0.15) is 5.10 Å². The first kappa shape index (κ1) is 6.47. The Balaban J connectivity index is 2.96. The van der Waals surface area contributed by atoms with E-state index >= 15 is 0 Å². The molecule has 0 unspecified atom stereocenters. The summed E-state index contributed by atoms with van der Waals surface area (Å²) >= 11 is 0. The minimum atomic E-state index is 0.237. The van der Waals surface area contributed by atoms with Crippen molar-refractivity contribution < 1.29 is 0 Å². The van der Waals surface area contributed by atoms with E-state index in [2.05, 4.69) is 15.1 Å². The molecule has 0 spiro atoms. The summed E-state index contributed by atoms with van der Waals surface area (Å²) in [5.41, 5.74) is 5.97. The van der Waals surface area contributed by atoms with Gasteiger partial charge in [0.15, 0.2) is 5.84 Å². The Morgan fingerprint density at radius 1 is 1.40 bits per heavy atom. The normalized spacial score (nSPS) is 11.4. The van der Waals surface area contributed by atoms with Crippen LogP contribution in [0, 0.1) is 0 Å². The SMILES string of the molecule is N/N=C(\N)c1cncnc1. The molecule has 0 aliphatic carbocycles. The lowest BCUT2D eigenvalue weighted by molar-refractivity contribution is 1.14. The summed E-state index contributed by atoms with van der Waals surface area (Å²) in [6.45, 7) is 0. The third-order valence-corrected chi connectivity index (χ3v) is 0.995. The van der Waals surface area contributed by atoms with E-state index < -0.39 is 0 Å². The van der Waals surface area contributed by atoms with E-state index in [0.29, 0.717) is 5.56 Å². The Morgan fingerprint density at radius 2 is 2.00 bits per heavy atom. The molecule has 5 heteroatoms. The van der Waals surface area contributed by atoms with Crippen molar-refractivity contribution in [2.45, 2.75) is 0 Å². The zero-order valence-electron chi connectivity index (χ0n) is 5.23. The molecule has 0 saturated heterocycles. The second kappa shape index (κ2) is 2.77. The molecule has 1 rings (SSSR count). The Labute approximate surface area is 57.8 Å². The zero-order valence-corrected chi connectivity index (χ0v) is 5.23. The number of hydrogen-bond acceptors (Lipinski definition) is 4. The fraction of sp³-hybridized carbons (Fsp3) is 0. The van der Waals surface area contributed by atoms with Gasteiger partial charge in [0.1, 0.15) is 6.33 Å². The van der Waals surface area contributed by atoms with Gasteiger partial charge < -0.3 is 11.6 Å². The summed E-state index contributed by atoms with van der Waals surface area (Å²) in [6, 6.07) is 0. The maximum absolute atomic E-state index is 5.34. The summed E-state index contributed by atoms with van der Waals surface area (Å²) in [6.07, 6.45) is 4.49. The largest absolute Gasteiger partial charge is 0.382 e. The summed E-state index contributed by atoms with van der Waals surface area (Å²) in [4.78, 5) is 7.45. The van der Waals surface area contributed by atoms with Crippen molar-refractivity contribution in [3.8, 4) is 0 Å². The summed E-state index contributed by atoms with van der Waals surface area (Å²) in [5, 5.41) is 3.27. The lowest BCUT2D eigenvalue weighted by atomic mass is 10.3. The summed E-state index contributed by atoms with van der Waals surface area (Å²) in [7, 11) is 0. The van der Waals surface area contributed by atoms with Crippen LogP contribution in [0.5, 0.6) is 0 Å². The maximum Gasteiger partial charge on any atom is 0.153 e. The molecule has 0 bridgehead atoms. The molecule has 0 saturated carbocycles.